The smallest absolute Gasteiger partial charge is 0.338 e. The minimum atomic E-state index is -3.14. The number of ether oxygens (including phenoxy) is 1. The van der Waals surface area contributed by atoms with Gasteiger partial charge in [-0.1, -0.05) is 6.92 Å². The molecule has 3 amide bonds. The Morgan fingerprint density at radius 3 is 2.43 bits per heavy atom. The maximum atomic E-state index is 12.6. The van der Waals surface area contributed by atoms with Gasteiger partial charge in [0.1, 0.15) is 0 Å². The number of sulfone groups is 1. The topological polar surface area (TPSA) is 136 Å². The minimum absolute atomic E-state index is 0.0589. The molecule has 0 aliphatic carbocycles. The molecule has 1 heterocycles. The van der Waals surface area contributed by atoms with E-state index in [2.05, 4.69) is 5.32 Å². The van der Waals surface area contributed by atoms with Crippen molar-refractivity contribution in [3.05, 3.63) is 29.8 Å². The number of nitrogens with zero attached hydrogens (tertiary/aromatic N) is 1. The van der Waals surface area contributed by atoms with E-state index in [4.69, 9.17) is 10.5 Å². The summed E-state index contributed by atoms with van der Waals surface area (Å²) in [5.74, 6) is -1.12. The first kappa shape index (κ1) is 21.7. The fraction of sp³-hybridized carbons (Fsp3) is 0.500. The van der Waals surface area contributed by atoms with Gasteiger partial charge in [0.15, 0.2) is 16.4 Å². The monoisotopic (exact) mass is 411 g/mol. The van der Waals surface area contributed by atoms with Crippen molar-refractivity contribution in [1.29, 1.82) is 0 Å². The highest BCUT2D eigenvalue weighted by molar-refractivity contribution is 7.91. The van der Waals surface area contributed by atoms with Crippen LogP contribution in [0, 0.1) is 0 Å². The number of nitrogens with one attached hydrogen (secondary N) is 1. The molecule has 0 aromatic heterocycles. The third-order valence-electron chi connectivity index (χ3n) is 4.67. The van der Waals surface area contributed by atoms with Crippen molar-refractivity contribution < 1.29 is 27.5 Å². The summed E-state index contributed by atoms with van der Waals surface area (Å²) in [5.41, 5.74) is 5.65. The first-order valence-corrected chi connectivity index (χ1v) is 10.8. The molecule has 0 unspecified atom stereocenters. The Labute approximate surface area is 164 Å². The number of amides is 3. The normalized spacial score (nSPS) is 18.9. The number of anilines is 1. The summed E-state index contributed by atoms with van der Waals surface area (Å²) in [5, 5.41) is 2.37. The summed E-state index contributed by atoms with van der Waals surface area (Å²) >= 11 is 0. The Morgan fingerprint density at radius 1 is 1.29 bits per heavy atom. The number of benzene rings is 1. The van der Waals surface area contributed by atoms with Gasteiger partial charge in [0.2, 0.25) is 0 Å². The maximum absolute atomic E-state index is 12.6. The van der Waals surface area contributed by atoms with Crippen LogP contribution in [0.1, 0.15) is 37.0 Å². The van der Waals surface area contributed by atoms with Crippen LogP contribution >= 0.6 is 0 Å². The SMILES string of the molecule is CC[C@H](C)N(C(=O)COC(=O)c1ccc(NC(N)=O)cc1)[C@@H]1CCS(=O)(=O)C1. The van der Waals surface area contributed by atoms with Crippen molar-refractivity contribution in [2.75, 3.05) is 23.4 Å². The molecule has 10 heteroatoms. The number of carbonyl (C=O) groups is 3. The Bertz CT molecular complexity index is 837. The number of carbonyl (C=O) groups excluding carboxylic acids is 3. The molecule has 0 saturated carbocycles. The second-order valence-corrected chi connectivity index (χ2v) is 8.99. The van der Waals surface area contributed by atoms with Gasteiger partial charge in [0.05, 0.1) is 17.1 Å². The lowest BCUT2D eigenvalue weighted by Gasteiger charge is -2.33. The predicted octanol–water partition coefficient (Wildman–Crippen LogP) is 1.15. The van der Waals surface area contributed by atoms with Crippen LogP contribution in [0.2, 0.25) is 0 Å². The fourth-order valence-corrected chi connectivity index (χ4v) is 4.83. The van der Waals surface area contributed by atoms with Gasteiger partial charge in [-0.3, -0.25) is 4.79 Å². The van der Waals surface area contributed by atoms with E-state index in [1.54, 1.807) is 0 Å². The van der Waals surface area contributed by atoms with Crippen molar-refractivity contribution in [3.63, 3.8) is 0 Å². The summed E-state index contributed by atoms with van der Waals surface area (Å²) in [6.07, 6.45) is 1.05. The lowest BCUT2D eigenvalue weighted by Crippen LogP contribution is -2.48. The van der Waals surface area contributed by atoms with Gasteiger partial charge in [-0.2, -0.15) is 0 Å². The van der Waals surface area contributed by atoms with Crippen LogP contribution in [0.4, 0.5) is 10.5 Å². The highest BCUT2D eigenvalue weighted by atomic mass is 32.2. The van der Waals surface area contributed by atoms with E-state index in [9.17, 15) is 22.8 Å². The molecule has 1 aromatic carbocycles. The molecule has 1 aliphatic heterocycles. The van der Waals surface area contributed by atoms with Gasteiger partial charge in [-0.05, 0) is 44.0 Å². The van der Waals surface area contributed by atoms with Gasteiger partial charge in [0.25, 0.3) is 5.91 Å². The van der Waals surface area contributed by atoms with Crippen LogP contribution in [-0.4, -0.2) is 61.4 Å². The van der Waals surface area contributed by atoms with E-state index in [-0.39, 0.29) is 23.1 Å². The molecular weight excluding hydrogens is 386 g/mol. The molecule has 3 N–H and O–H groups in total. The zero-order valence-corrected chi connectivity index (χ0v) is 16.7. The van der Waals surface area contributed by atoms with Crippen LogP contribution in [-0.2, 0) is 19.4 Å². The molecule has 1 aromatic rings. The van der Waals surface area contributed by atoms with E-state index in [0.29, 0.717) is 18.5 Å². The first-order valence-electron chi connectivity index (χ1n) is 8.98. The summed E-state index contributed by atoms with van der Waals surface area (Å²) < 4.78 is 28.6. The second-order valence-electron chi connectivity index (χ2n) is 6.76. The van der Waals surface area contributed by atoms with E-state index >= 15 is 0 Å². The van der Waals surface area contributed by atoms with Crippen molar-refractivity contribution >= 4 is 33.4 Å². The zero-order valence-electron chi connectivity index (χ0n) is 15.9. The highest BCUT2D eigenvalue weighted by Crippen LogP contribution is 2.21. The third-order valence-corrected chi connectivity index (χ3v) is 6.42. The molecule has 0 spiro atoms. The highest BCUT2D eigenvalue weighted by Gasteiger charge is 2.36. The number of hydrogen-bond acceptors (Lipinski definition) is 6. The summed E-state index contributed by atoms with van der Waals surface area (Å²) in [7, 11) is -3.14. The second kappa shape index (κ2) is 9.05. The molecule has 1 aliphatic rings. The van der Waals surface area contributed by atoms with Gasteiger partial charge in [-0.25, -0.2) is 18.0 Å². The Balaban J connectivity index is 1.99. The van der Waals surface area contributed by atoms with Crippen molar-refractivity contribution in [2.45, 2.75) is 38.8 Å². The fourth-order valence-electron chi connectivity index (χ4n) is 3.12. The zero-order chi connectivity index (χ0) is 20.9. The Kier molecular flexibility index (Phi) is 7.00. The number of urea groups is 1. The van der Waals surface area contributed by atoms with Crippen molar-refractivity contribution in [1.82, 2.24) is 4.90 Å². The van der Waals surface area contributed by atoms with E-state index < -0.39 is 40.4 Å². The summed E-state index contributed by atoms with van der Waals surface area (Å²) in [6.45, 7) is 3.28. The third kappa shape index (κ3) is 5.69. The van der Waals surface area contributed by atoms with Crippen LogP contribution in [0.3, 0.4) is 0 Å². The van der Waals surface area contributed by atoms with E-state index in [0.717, 1.165) is 0 Å². The molecule has 9 nitrogen and oxygen atoms in total. The van der Waals surface area contributed by atoms with Crippen LogP contribution in [0.15, 0.2) is 24.3 Å². The molecule has 1 fully saturated rings. The molecule has 154 valence electrons. The first-order chi connectivity index (χ1) is 13.1. The van der Waals surface area contributed by atoms with Crippen LogP contribution in [0.5, 0.6) is 0 Å². The van der Waals surface area contributed by atoms with Gasteiger partial charge < -0.3 is 20.7 Å². The molecule has 1 saturated heterocycles. The number of primary amides is 1. The van der Waals surface area contributed by atoms with Gasteiger partial charge >= 0.3 is 12.0 Å². The Morgan fingerprint density at radius 2 is 1.93 bits per heavy atom. The van der Waals surface area contributed by atoms with Crippen molar-refractivity contribution in [3.8, 4) is 0 Å². The standard InChI is InChI=1S/C18H25N3O6S/c1-3-12(2)21(15-8-9-28(25,26)11-15)16(22)10-27-17(23)13-4-6-14(7-5-13)20-18(19)24/h4-7,12,15H,3,8-11H2,1-2H3,(H3,19,20,24)/t12-,15+/m0/s1. The number of hydrogen-bond donors (Lipinski definition) is 2. The molecular formula is C18H25N3O6S. The van der Waals surface area contributed by atoms with E-state index in [1.165, 1.54) is 29.2 Å². The van der Waals surface area contributed by atoms with Gasteiger partial charge in [0, 0.05) is 17.8 Å². The Hall–Kier alpha value is -2.62. The largest absolute Gasteiger partial charge is 0.452 e. The minimum Gasteiger partial charge on any atom is -0.452 e. The number of nitrogens with two attached hydrogens (primary N) is 1. The molecule has 2 atom stereocenters. The summed E-state index contributed by atoms with van der Waals surface area (Å²) in [6, 6.07) is 4.56. The predicted molar refractivity (Wildman–Crippen MR) is 104 cm³/mol. The molecule has 0 radical (unpaired) electrons. The maximum Gasteiger partial charge on any atom is 0.338 e. The number of rotatable bonds is 7. The van der Waals surface area contributed by atoms with Gasteiger partial charge in [-0.15, -0.1) is 0 Å². The average Bonchev–Trinajstić information content (AvgIpc) is 2.99. The van der Waals surface area contributed by atoms with E-state index in [1.807, 2.05) is 13.8 Å². The lowest BCUT2D eigenvalue weighted by molar-refractivity contribution is -0.138. The van der Waals surface area contributed by atoms with Crippen LogP contribution in [0.25, 0.3) is 0 Å². The quantitative estimate of drug-likeness (QED) is 0.646. The molecule has 0 bridgehead atoms. The van der Waals surface area contributed by atoms with Crippen LogP contribution < -0.4 is 11.1 Å². The molecule has 2 rings (SSSR count). The lowest BCUT2D eigenvalue weighted by atomic mass is 10.1. The average molecular weight is 411 g/mol. The summed E-state index contributed by atoms with van der Waals surface area (Å²) in [4.78, 5) is 37.1. The molecule has 28 heavy (non-hydrogen) atoms. The number of esters is 1. The van der Waals surface area contributed by atoms with Crippen molar-refractivity contribution in [2.24, 2.45) is 5.73 Å².